The van der Waals surface area contributed by atoms with Gasteiger partial charge in [0.1, 0.15) is 0 Å². The molecular weight excluding hydrogens is 272 g/mol. The highest BCUT2D eigenvalue weighted by Crippen LogP contribution is 2.21. The van der Waals surface area contributed by atoms with Crippen LogP contribution in [0.25, 0.3) is 0 Å². The molecule has 1 saturated heterocycles. The van der Waals surface area contributed by atoms with E-state index in [-0.39, 0.29) is 11.8 Å². The first-order valence-corrected chi connectivity index (χ1v) is 7.93. The average molecular weight is 289 g/mol. The van der Waals surface area contributed by atoms with Crippen molar-refractivity contribution in [3.05, 3.63) is 34.9 Å². The van der Waals surface area contributed by atoms with Crippen molar-refractivity contribution in [1.29, 1.82) is 0 Å². The third kappa shape index (κ3) is 3.03. The Morgan fingerprint density at radius 2 is 2.17 bits per heavy atom. The van der Waals surface area contributed by atoms with E-state index < -0.39 is 10.0 Å². The van der Waals surface area contributed by atoms with E-state index in [1.165, 1.54) is 0 Å². The summed E-state index contributed by atoms with van der Waals surface area (Å²) < 4.78 is 26.3. The van der Waals surface area contributed by atoms with Gasteiger partial charge in [-0.05, 0) is 18.6 Å². The first-order chi connectivity index (χ1) is 8.50. The molecule has 1 aliphatic rings. The molecule has 1 heterocycles. The average Bonchev–Trinajstić information content (AvgIpc) is 2.32. The number of halogens is 1. The van der Waals surface area contributed by atoms with Crippen molar-refractivity contribution in [1.82, 2.24) is 9.62 Å². The van der Waals surface area contributed by atoms with Crippen molar-refractivity contribution in [3.8, 4) is 0 Å². The molecule has 100 valence electrons. The molecular formula is C12H17ClN2O2S. The van der Waals surface area contributed by atoms with E-state index in [9.17, 15) is 8.42 Å². The summed E-state index contributed by atoms with van der Waals surface area (Å²) >= 11 is 6.01. The Labute approximate surface area is 113 Å². The second-order valence-electron chi connectivity index (χ2n) is 4.51. The quantitative estimate of drug-likeness (QED) is 0.916. The van der Waals surface area contributed by atoms with Gasteiger partial charge in [-0.3, -0.25) is 0 Å². The fourth-order valence-corrected chi connectivity index (χ4v) is 4.22. The minimum atomic E-state index is -3.30. The lowest BCUT2D eigenvalue weighted by Gasteiger charge is -2.32. The largest absolute Gasteiger partial charge is 0.314 e. The van der Waals surface area contributed by atoms with E-state index in [2.05, 4.69) is 5.32 Å². The summed E-state index contributed by atoms with van der Waals surface area (Å²) in [5.41, 5.74) is 0.657. The van der Waals surface area contributed by atoms with Crippen LogP contribution in [0.15, 0.2) is 24.3 Å². The predicted octanol–water partition coefficient (Wildman–Crippen LogP) is 1.46. The Hall–Kier alpha value is -0.620. The second kappa shape index (κ2) is 5.57. The normalized spacial score (nSPS) is 22.0. The molecule has 4 nitrogen and oxygen atoms in total. The number of sulfonamides is 1. The van der Waals surface area contributed by atoms with E-state index in [4.69, 9.17) is 11.6 Å². The van der Waals surface area contributed by atoms with Crippen molar-refractivity contribution in [2.45, 2.75) is 18.7 Å². The minimum absolute atomic E-state index is 0.00811. The third-order valence-electron chi connectivity index (χ3n) is 3.09. The van der Waals surface area contributed by atoms with Gasteiger partial charge in [-0.15, -0.1) is 0 Å². The van der Waals surface area contributed by atoms with E-state index in [0.29, 0.717) is 30.2 Å². The van der Waals surface area contributed by atoms with Gasteiger partial charge in [-0.1, -0.05) is 29.8 Å². The van der Waals surface area contributed by atoms with E-state index in [1.54, 1.807) is 28.6 Å². The smallest absolute Gasteiger partial charge is 0.218 e. The molecule has 0 saturated carbocycles. The number of nitrogens with zero attached hydrogens (tertiary/aromatic N) is 1. The molecule has 1 N–H and O–H groups in total. The van der Waals surface area contributed by atoms with Crippen LogP contribution in [0, 0.1) is 0 Å². The zero-order chi connectivity index (χ0) is 13.2. The molecule has 0 aromatic heterocycles. The molecule has 1 unspecified atom stereocenters. The van der Waals surface area contributed by atoms with Crippen LogP contribution in [0.5, 0.6) is 0 Å². The molecule has 1 aromatic carbocycles. The summed E-state index contributed by atoms with van der Waals surface area (Å²) in [6.07, 6.45) is 0. The molecule has 0 amide bonds. The van der Waals surface area contributed by atoms with Crippen molar-refractivity contribution in [2.24, 2.45) is 0 Å². The van der Waals surface area contributed by atoms with Gasteiger partial charge in [-0.25, -0.2) is 8.42 Å². The van der Waals surface area contributed by atoms with Crippen LogP contribution in [0.4, 0.5) is 0 Å². The number of hydrogen-bond donors (Lipinski definition) is 1. The lowest BCUT2D eigenvalue weighted by molar-refractivity contribution is 0.283. The van der Waals surface area contributed by atoms with Gasteiger partial charge in [0, 0.05) is 30.7 Å². The van der Waals surface area contributed by atoms with Crippen molar-refractivity contribution < 1.29 is 8.42 Å². The first kappa shape index (κ1) is 13.8. The highest BCUT2D eigenvalue weighted by Gasteiger charge is 2.29. The van der Waals surface area contributed by atoms with Crippen LogP contribution in [-0.4, -0.2) is 38.4 Å². The molecule has 1 aromatic rings. The van der Waals surface area contributed by atoms with E-state index in [1.807, 2.05) is 6.92 Å². The minimum Gasteiger partial charge on any atom is -0.314 e. The second-order valence-corrected chi connectivity index (χ2v) is 6.84. The summed E-state index contributed by atoms with van der Waals surface area (Å²) in [5.74, 6) is -0.0307. The number of hydrogen-bond acceptors (Lipinski definition) is 3. The summed E-state index contributed by atoms with van der Waals surface area (Å²) in [7, 11) is -3.30. The predicted molar refractivity (Wildman–Crippen MR) is 73.1 cm³/mol. The highest BCUT2D eigenvalue weighted by atomic mass is 35.5. The number of piperazine rings is 1. The van der Waals surface area contributed by atoms with Crippen LogP contribution < -0.4 is 5.32 Å². The fourth-order valence-electron chi connectivity index (χ4n) is 2.13. The van der Waals surface area contributed by atoms with E-state index >= 15 is 0 Å². The standard InChI is InChI=1S/C12H17ClN2O2S/c1-10-8-14-6-7-15(10)18(16,17)9-11-4-2-3-5-12(11)13/h2-5,10,14H,6-9H2,1H3. The Morgan fingerprint density at radius 1 is 1.44 bits per heavy atom. The Balaban J connectivity index is 2.19. The van der Waals surface area contributed by atoms with Crippen LogP contribution in [0.3, 0.4) is 0 Å². The summed E-state index contributed by atoms with van der Waals surface area (Å²) in [4.78, 5) is 0. The molecule has 1 atom stereocenters. The SMILES string of the molecule is CC1CNCCN1S(=O)(=O)Cc1ccccc1Cl. The summed E-state index contributed by atoms with van der Waals surface area (Å²) in [5, 5.41) is 3.68. The van der Waals surface area contributed by atoms with Gasteiger partial charge < -0.3 is 5.32 Å². The fraction of sp³-hybridized carbons (Fsp3) is 0.500. The number of benzene rings is 1. The zero-order valence-corrected chi connectivity index (χ0v) is 11.8. The molecule has 0 spiro atoms. The van der Waals surface area contributed by atoms with Gasteiger partial charge in [-0.2, -0.15) is 4.31 Å². The summed E-state index contributed by atoms with van der Waals surface area (Å²) in [6.45, 7) is 3.83. The molecule has 1 fully saturated rings. The Morgan fingerprint density at radius 3 is 2.83 bits per heavy atom. The maximum absolute atomic E-state index is 12.4. The van der Waals surface area contributed by atoms with Crippen molar-refractivity contribution in [3.63, 3.8) is 0 Å². The number of rotatable bonds is 3. The number of nitrogens with one attached hydrogen (secondary N) is 1. The first-order valence-electron chi connectivity index (χ1n) is 5.94. The molecule has 6 heteroatoms. The monoisotopic (exact) mass is 288 g/mol. The molecule has 1 aliphatic heterocycles. The topological polar surface area (TPSA) is 49.4 Å². The van der Waals surface area contributed by atoms with Crippen molar-refractivity contribution in [2.75, 3.05) is 19.6 Å². The van der Waals surface area contributed by atoms with Gasteiger partial charge in [0.25, 0.3) is 0 Å². The van der Waals surface area contributed by atoms with Crippen LogP contribution in [-0.2, 0) is 15.8 Å². The van der Waals surface area contributed by atoms with Gasteiger partial charge >= 0.3 is 0 Å². The molecule has 0 aliphatic carbocycles. The lowest BCUT2D eigenvalue weighted by Crippen LogP contribution is -2.52. The maximum atomic E-state index is 12.4. The molecule has 0 bridgehead atoms. The molecule has 2 rings (SSSR count). The third-order valence-corrected chi connectivity index (χ3v) is 5.39. The Kier molecular flexibility index (Phi) is 4.27. The zero-order valence-electron chi connectivity index (χ0n) is 10.3. The molecule has 18 heavy (non-hydrogen) atoms. The van der Waals surface area contributed by atoms with Crippen molar-refractivity contribution >= 4 is 21.6 Å². The molecule has 0 radical (unpaired) electrons. The van der Waals surface area contributed by atoms with E-state index in [0.717, 1.165) is 0 Å². The highest BCUT2D eigenvalue weighted by molar-refractivity contribution is 7.88. The van der Waals surface area contributed by atoms with Crippen LogP contribution in [0.2, 0.25) is 5.02 Å². The van der Waals surface area contributed by atoms with Crippen LogP contribution >= 0.6 is 11.6 Å². The Bertz CT molecular complexity index is 519. The van der Waals surface area contributed by atoms with Crippen LogP contribution in [0.1, 0.15) is 12.5 Å². The van der Waals surface area contributed by atoms with Gasteiger partial charge in [0.15, 0.2) is 0 Å². The van der Waals surface area contributed by atoms with Gasteiger partial charge in [0.05, 0.1) is 5.75 Å². The maximum Gasteiger partial charge on any atom is 0.218 e. The lowest BCUT2D eigenvalue weighted by atomic mass is 10.2. The summed E-state index contributed by atoms with van der Waals surface area (Å²) in [6, 6.07) is 7.07. The van der Waals surface area contributed by atoms with Gasteiger partial charge in [0.2, 0.25) is 10.0 Å².